The van der Waals surface area contributed by atoms with E-state index in [9.17, 15) is 0 Å². The molecule has 0 saturated heterocycles. The molecule has 26 heavy (non-hydrogen) atoms. The lowest BCUT2D eigenvalue weighted by Crippen LogP contribution is -2.26. The van der Waals surface area contributed by atoms with Crippen molar-refractivity contribution in [1.29, 1.82) is 0 Å². The molecule has 7 heteroatoms. The number of nitrogens with zero attached hydrogens (tertiary/aromatic N) is 4. The Labute approximate surface area is 159 Å². The van der Waals surface area contributed by atoms with Crippen molar-refractivity contribution < 1.29 is 9.47 Å². The number of anilines is 1. The van der Waals surface area contributed by atoms with Gasteiger partial charge >= 0.3 is 0 Å². The third-order valence-electron chi connectivity index (χ3n) is 3.67. The van der Waals surface area contributed by atoms with E-state index in [1.165, 1.54) is 11.8 Å². The van der Waals surface area contributed by atoms with Gasteiger partial charge in [0.1, 0.15) is 0 Å². The summed E-state index contributed by atoms with van der Waals surface area (Å²) >= 11 is 1.53. The highest BCUT2D eigenvalue weighted by atomic mass is 32.2. The van der Waals surface area contributed by atoms with Crippen LogP contribution in [0.3, 0.4) is 0 Å². The number of hydrogen-bond donors (Lipinski definition) is 0. The van der Waals surface area contributed by atoms with Gasteiger partial charge in [-0.2, -0.15) is 15.1 Å². The number of benzene rings is 1. The summed E-state index contributed by atoms with van der Waals surface area (Å²) in [6, 6.07) is 11.7. The Morgan fingerprint density at radius 1 is 1.08 bits per heavy atom. The van der Waals surface area contributed by atoms with Crippen molar-refractivity contribution in [2.75, 3.05) is 26.3 Å². The molecule has 0 bridgehead atoms. The molecule has 0 radical (unpaired) electrons. The molecular weight excluding hydrogens is 348 g/mol. The van der Waals surface area contributed by atoms with Crippen molar-refractivity contribution in [2.45, 2.75) is 31.2 Å². The van der Waals surface area contributed by atoms with Crippen molar-refractivity contribution >= 4 is 23.7 Å². The average molecular weight is 375 g/mol. The number of rotatable bonds is 7. The Balaban J connectivity index is 2.22. The molecule has 2 aromatic rings. The molecule has 1 heterocycles. The first-order chi connectivity index (χ1) is 12.3. The van der Waals surface area contributed by atoms with Crippen molar-refractivity contribution in [3.63, 3.8) is 0 Å². The Hall–Kier alpha value is -2.28. The van der Waals surface area contributed by atoms with E-state index in [1.54, 1.807) is 20.3 Å². The Bertz CT molecular complexity index is 710. The number of para-hydroxylation sites is 1. The molecule has 0 amide bonds. The highest BCUT2D eigenvalue weighted by Gasteiger charge is 2.26. The van der Waals surface area contributed by atoms with Crippen molar-refractivity contribution in [3.05, 3.63) is 36.4 Å². The smallest absolute Gasteiger partial charge is 0.220 e. The molecule has 1 aromatic carbocycles. The lowest BCUT2D eigenvalue weighted by Gasteiger charge is -2.27. The van der Waals surface area contributed by atoms with Gasteiger partial charge in [-0.1, -0.05) is 50.7 Å². The molecule has 0 aliphatic carbocycles. The van der Waals surface area contributed by atoms with Crippen molar-refractivity contribution in [3.8, 4) is 11.8 Å². The largest absolute Gasteiger partial charge is 0.481 e. The van der Waals surface area contributed by atoms with E-state index >= 15 is 0 Å². The van der Waals surface area contributed by atoms with Gasteiger partial charge in [-0.3, -0.25) is 5.01 Å². The van der Waals surface area contributed by atoms with E-state index in [1.807, 2.05) is 48.6 Å². The van der Waals surface area contributed by atoms with Gasteiger partial charge in [0.2, 0.25) is 11.8 Å². The van der Waals surface area contributed by atoms with Crippen LogP contribution < -0.4 is 14.5 Å². The highest BCUT2D eigenvalue weighted by molar-refractivity contribution is 8.00. The minimum absolute atomic E-state index is 0.0363. The molecule has 0 saturated carbocycles. The first kappa shape index (κ1) is 20.0. The van der Waals surface area contributed by atoms with Crippen LogP contribution in [0.5, 0.6) is 11.8 Å². The maximum absolute atomic E-state index is 5.23. The van der Waals surface area contributed by atoms with E-state index in [2.05, 4.69) is 35.8 Å². The normalized spacial score (nSPS) is 12.8. The van der Waals surface area contributed by atoms with E-state index in [4.69, 9.17) is 9.47 Å². The zero-order chi connectivity index (χ0) is 19.2. The fourth-order valence-corrected chi connectivity index (χ4v) is 3.04. The SMILES string of the molecule is COc1cc(OC)nc(SC(C=NN(C)c2ccccc2)C(C)(C)C)n1. The quantitative estimate of drug-likeness (QED) is 0.314. The van der Waals surface area contributed by atoms with Gasteiger partial charge in [-0.15, -0.1) is 0 Å². The summed E-state index contributed by atoms with van der Waals surface area (Å²) < 4.78 is 10.5. The summed E-state index contributed by atoms with van der Waals surface area (Å²) in [5.41, 5.74) is 0.992. The Morgan fingerprint density at radius 3 is 2.15 bits per heavy atom. The second kappa shape index (κ2) is 8.89. The number of hydrogen-bond acceptors (Lipinski definition) is 7. The lowest BCUT2D eigenvalue weighted by molar-refractivity contribution is 0.364. The van der Waals surface area contributed by atoms with Crippen LogP contribution in [0, 0.1) is 5.41 Å². The molecule has 2 rings (SSSR count). The number of methoxy groups -OCH3 is 2. The summed E-state index contributed by atoms with van der Waals surface area (Å²) in [5, 5.41) is 7.12. The van der Waals surface area contributed by atoms with Crippen LogP contribution in [0.25, 0.3) is 0 Å². The zero-order valence-corrected chi connectivity index (χ0v) is 16.9. The number of ether oxygens (including phenoxy) is 2. The van der Waals surface area contributed by atoms with Crippen LogP contribution in [0.2, 0.25) is 0 Å². The van der Waals surface area contributed by atoms with E-state index in [0.29, 0.717) is 16.9 Å². The van der Waals surface area contributed by atoms with E-state index < -0.39 is 0 Å². The summed E-state index contributed by atoms with van der Waals surface area (Å²) in [6.07, 6.45) is 1.94. The summed E-state index contributed by atoms with van der Waals surface area (Å²) in [7, 11) is 5.09. The standard InChI is InChI=1S/C19H26N4O2S/c1-19(2,3)15(13-20-23(4)14-10-8-7-9-11-14)26-18-21-16(24-5)12-17(22-18)25-6/h7-13,15H,1-6H3. The van der Waals surface area contributed by atoms with Crippen LogP contribution in [0.15, 0.2) is 46.7 Å². The van der Waals surface area contributed by atoms with Crippen LogP contribution in [-0.4, -0.2) is 42.7 Å². The fourth-order valence-electron chi connectivity index (χ4n) is 2.06. The van der Waals surface area contributed by atoms with Crippen LogP contribution in [-0.2, 0) is 0 Å². The monoisotopic (exact) mass is 374 g/mol. The molecule has 1 unspecified atom stereocenters. The summed E-state index contributed by atoms with van der Waals surface area (Å²) in [5.74, 6) is 0.954. The van der Waals surface area contributed by atoms with Gasteiger partial charge in [0.15, 0.2) is 5.16 Å². The van der Waals surface area contributed by atoms with Crippen LogP contribution in [0.4, 0.5) is 5.69 Å². The van der Waals surface area contributed by atoms with Crippen molar-refractivity contribution in [2.24, 2.45) is 10.5 Å². The first-order valence-corrected chi connectivity index (χ1v) is 9.18. The zero-order valence-electron chi connectivity index (χ0n) is 16.1. The lowest BCUT2D eigenvalue weighted by atomic mass is 9.92. The average Bonchev–Trinajstić information content (AvgIpc) is 2.64. The third kappa shape index (κ3) is 5.62. The first-order valence-electron chi connectivity index (χ1n) is 8.30. The maximum Gasteiger partial charge on any atom is 0.220 e. The molecule has 1 aromatic heterocycles. The van der Waals surface area contributed by atoms with E-state index in [-0.39, 0.29) is 10.7 Å². The predicted octanol–water partition coefficient (Wildman–Crippen LogP) is 4.12. The van der Waals surface area contributed by atoms with Gasteiger partial charge in [-0.05, 0) is 17.5 Å². The van der Waals surface area contributed by atoms with Gasteiger partial charge in [0.25, 0.3) is 0 Å². The highest BCUT2D eigenvalue weighted by Crippen LogP contribution is 2.34. The molecule has 0 N–H and O–H groups in total. The fraction of sp³-hybridized carbons (Fsp3) is 0.421. The molecule has 0 aliphatic heterocycles. The predicted molar refractivity (Wildman–Crippen MR) is 108 cm³/mol. The van der Waals surface area contributed by atoms with Crippen molar-refractivity contribution in [1.82, 2.24) is 9.97 Å². The number of aromatic nitrogens is 2. The molecule has 0 aliphatic rings. The molecule has 1 atom stereocenters. The van der Waals surface area contributed by atoms with Gasteiger partial charge in [0.05, 0.1) is 31.2 Å². The van der Waals surface area contributed by atoms with Gasteiger partial charge in [-0.25, -0.2) is 0 Å². The Kier molecular flexibility index (Phi) is 6.85. The summed E-state index contributed by atoms with van der Waals surface area (Å²) in [6.45, 7) is 6.49. The molecule has 0 fully saturated rings. The molecule has 140 valence electrons. The minimum atomic E-state index is -0.0363. The molecule has 0 spiro atoms. The number of thioether (sulfide) groups is 1. The maximum atomic E-state index is 5.23. The van der Waals surface area contributed by atoms with Gasteiger partial charge < -0.3 is 9.47 Å². The minimum Gasteiger partial charge on any atom is -0.481 e. The Morgan fingerprint density at radius 2 is 1.65 bits per heavy atom. The third-order valence-corrected chi connectivity index (χ3v) is 5.14. The van der Waals surface area contributed by atoms with E-state index in [0.717, 1.165) is 5.69 Å². The second-order valence-electron chi connectivity index (χ2n) is 6.76. The van der Waals surface area contributed by atoms with Crippen LogP contribution >= 0.6 is 11.8 Å². The van der Waals surface area contributed by atoms with Crippen LogP contribution in [0.1, 0.15) is 20.8 Å². The number of hydrazone groups is 1. The topological polar surface area (TPSA) is 59.8 Å². The molecule has 6 nitrogen and oxygen atoms in total. The second-order valence-corrected chi connectivity index (χ2v) is 7.87. The summed E-state index contributed by atoms with van der Waals surface area (Å²) in [4.78, 5) is 8.83. The van der Waals surface area contributed by atoms with Gasteiger partial charge in [0, 0.05) is 13.3 Å². The molecular formula is C19H26N4O2S.